The second-order valence-electron chi connectivity index (χ2n) is 6.28. The minimum atomic E-state index is -0.559. The van der Waals surface area contributed by atoms with Gasteiger partial charge in [0.1, 0.15) is 11.4 Å². The maximum atomic E-state index is 12.2. The number of carbonyl (C=O) groups excluding carboxylic acids is 1. The fourth-order valence-corrected chi connectivity index (χ4v) is 2.60. The Bertz CT molecular complexity index is 781. The van der Waals surface area contributed by atoms with Crippen molar-refractivity contribution in [1.82, 2.24) is 10.2 Å². The zero-order valence-corrected chi connectivity index (χ0v) is 15.6. The summed E-state index contributed by atoms with van der Waals surface area (Å²) in [5, 5.41) is 16.5. The van der Waals surface area contributed by atoms with Crippen molar-refractivity contribution >= 4 is 17.4 Å². The number of rotatable bonds is 8. The molecule has 0 bridgehead atoms. The fourth-order valence-electron chi connectivity index (χ4n) is 2.60. The number of carbonyl (C=O) groups is 1. The molecule has 0 saturated carbocycles. The normalized spacial score (nSPS) is 11.7. The Hall–Kier alpha value is -3.13. The van der Waals surface area contributed by atoms with Gasteiger partial charge in [-0.2, -0.15) is 0 Å². The number of nitro benzene ring substituents is 1. The molecule has 0 aromatic heterocycles. The maximum Gasteiger partial charge on any atom is 0.319 e. The summed E-state index contributed by atoms with van der Waals surface area (Å²) < 4.78 is 4.99. The van der Waals surface area contributed by atoms with E-state index in [4.69, 9.17) is 4.74 Å². The van der Waals surface area contributed by atoms with Crippen molar-refractivity contribution in [3.05, 3.63) is 64.2 Å². The molecule has 1 atom stereocenters. The number of methoxy groups -OCH3 is 1. The Balaban J connectivity index is 1.99. The van der Waals surface area contributed by atoms with E-state index in [2.05, 4.69) is 10.6 Å². The molecule has 2 aromatic rings. The lowest BCUT2D eigenvalue weighted by atomic mass is 10.1. The number of amides is 2. The molecule has 2 aromatic carbocycles. The van der Waals surface area contributed by atoms with Crippen LogP contribution in [0.25, 0.3) is 0 Å². The largest absolute Gasteiger partial charge is 0.496 e. The summed E-state index contributed by atoms with van der Waals surface area (Å²) in [6.07, 6.45) is 0.775. The lowest BCUT2D eigenvalue weighted by Crippen LogP contribution is -2.43. The van der Waals surface area contributed by atoms with Gasteiger partial charge in [0.15, 0.2) is 0 Å². The molecule has 0 aliphatic heterocycles. The van der Waals surface area contributed by atoms with Crippen molar-refractivity contribution in [2.45, 2.75) is 12.5 Å². The van der Waals surface area contributed by atoms with E-state index in [1.165, 1.54) is 24.8 Å². The van der Waals surface area contributed by atoms with E-state index in [0.29, 0.717) is 12.3 Å². The van der Waals surface area contributed by atoms with Gasteiger partial charge in [0, 0.05) is 12.6 Å². The molecule has 27 heavy (non-hydrogen) atoms. The Morgan fingerprint density at radius 1 is 1.22 bits per heavy atom. The van der Waals surface area contributed by atoms with Crippen LogP contribution in [-0.2, 0) is 6.42 Å². The number of urea groups is 1. The molecule has 144 valence electrons. The average molecular weight is 372 g/mol. The molecule has 1 unspecified atom stereocenters. The van der Waals surface area contributed by atoms with Crippen molar-refractivity contribution < 1.29 is 14.5 Å². The topological polar surface area (TPSA) is 96.7 Å². The summed E-state index contributed by atoms with van der Waals surface area (Å²) in [5.41, 5.74) is 1.06. The first kappa shape index (κ1) is 20.2. The zero-order chi connectivity index (χ0) is 19.8. The van der Waals surface area contributed by atoms with E-state index in [0.717, 1.165) is 6.42 Å². The van der Waals surface area contributed by atoms with Gasteiger partial charge in [-0.25, -0.2) is 4.79 Å². The molecule has 0 fully saturated rings. The fraction of sp³-hybridized carbons (Fsp3) is 0.316. The number of likely N-dealkylation sites (N-methyl/N-ethyl adjacent to an activating group) is 1. The molecule has 0 saturated heterocycles. The highest BCUT2D eigenvalue weighted by Crippen LogP contribution is 2.28. The predicted molar refractivity (Wildman–Crippen MR) is 104 cm³/mol. The van der Waals surface area contributed by atoms with Gasteiger partial charge in [-0.3, -0.25) is 10.1 Å². The van der Waals surface area contributed by atoms with E-state index in [1.807, 2.05) is 49.3 Å². The molecule has 0 radical (unpaired) electrons. The molecule has 2 N–H and O–H groups in total. The van der Waals surface area contributed by atoms with Crippen LogP contribution < -0.4 is 15.4 Å². The number of nitrogens with zero attached hydrogens (tertiary/aromatic N) is 2. The third kappa shape index (κ3) is 5.96. The van der Waals surface area contributed by atoms with E-state index in [1.54, 1.807) is 6.07 Å². The van der Waals surface area contributed by atoms with Crippen LogP contribution in [0.2, 0.25) is 0 Å². The average Bonchev–Trinajstić information content (AvgIpc) is 2.65. The van der Waals surface area contributed by atoms with E-state index in [-0.39, 0.29) is 17.4 Å². The van der Waals surface area contributed by atoms with Crippen LogP contribution >= 0.6 is 0 Å². The molecule has 2 amide bonds. The zero-order valence-electron chi connectivity index (χ0n) is 15.6. The number of hydrogen-bond acceptors (Lipinski definition) is 5. The van der Waals surface area contributed by atoms with Gasteiger partial charge < -0.3 is 20.3 Å². The monoisotopic (exact) mass is 372 g/mol. The molecule has 0 aliphatic carbocycles. The molecule has 8 nitrogen and oxygen atoms in total. The van der Waals surface area contributed by atoms with Gasteiger partial charge in [-0.15, -0.1) is 0 Å². The molecule has 0 aliphatic rings. The summed E-state index contributed by atoms with van der Waals surface area (Å²) >= 11 is 0. The van der Waals surface area contributed by atoms with Crippen LogP contribution in [0.5, 0.6) is 5.75 Å². The molecule has 0 spiro atoms. The number of hydrogen-bond donors (Lipinski definition) is 2. The minimum absolute atomic E-state index is 0.0870. The number of nitro groups is 1. The van der Waals surface area contributed by atoms with Crippen LogP contribution in [0.1, 0.15) is 5.56 Å². The Morgan fingerprint density at radius 2 is 1.93 bits per heavy atom. The Labute approximate surface area is 158 Å². The van der Waals surface area contributed by atoms with Crippen LogP contribution in [0, 0.1) is 10.1 Å². The van der Waals surface area contributed by atoms with E-state index < -0.39 is 11.0 Å². The van der Waals surface area contributed by atoms with Crippen LogP contribution in [0.15, 0.2) is 48.5 Å². The Kier molecular flexibility index (Phi) is 7.13. The minimum Gasteiger partial charge on any atom is -0.496 e. The van der Waals surface area contributed by atoms with Crippen LogP contribution in [0.4, 0.5) is 16.2 Å². The number of benzene rings is 2. The third-order valence-electron chi connectivity index (χ3n) is 4.19. The molecule has 8 heteroatoms. The first-order valence-electron chi connectivity index (χ1n) is 8.48. The first-order valence-corrected chi connectivity index (χ1v) is 8.48. The second kappa shape index (κ2) is 9.54. The SMILES string of the molecule is COc1ccc(NC(=O)NCC(Cc2ccccc2)N(C)C)c([N+](=O)[O-])c1. The standard InChI is InChI=1S/C19H24N4O4/c1-22(2)15(11-14-7-5-4-6-8-14)13-20-19(24)21-17-10-9-16(27-3)12-18(17)23(25)26/h4-10,12,15H,11,13H2,1-3H3,(H2,20,21,24). The summed E-state index contributed by atoms with van der Waals surface area (Å²) in [7, 11) is 5.32. The van der Waals surface area contributed by atoms with Crippen LogP contribution in [-0.4, -0.2) is 49.6 Å². The molecule has 2 rings (SSSR count). The first-order chi connectivity index (χ1) is 12.9. The maximum absolute atomic E-state index is 12.2. The summed E-state index contributed by atoms with van der Waals surface area (Å²) in [4.78, 5) is 24.9. The van der Waals surface area contributed by atoms with Crippen molar-refractivity contribution in [3.8, 4) is 5.75 Å². The number of ether oxygens (including phenoxy) is 1. The third-order valence-corrected chi connectivity index (χ3v) is 4.19. The summed E-state index contributed by atoms with van der Waals surface area (Å²) in [6.45, 7) is 0.400. The number of nitrogens with one attached hydrogen (secondary N) is 2. The lowest BCUT2D eigenvalue weighted by Gasteiger charge is -2.24. The van der Waals surface area contributed by atoms with Crippen LogP contribution in [0.3, 0.4) is 0 Å². The highest BCUT2D eigenvalue weighted by atomic mass is 16.6. The quantitative estimate of drug-likeness (QED) is 0.549. The van der Waals surface area contributed by atoms with Crippen molar-refractivity contribution in [2.75, 3.05) is 33.1 Å². The second-order valence-corrected chi connectivity index (χ2v) is 6.28. The smallest absolute Gasteiger partial charge is 0.319 e. The van der Waals surface area contributed by atoms with Crippen molar-refractivity contribution in [1.29, 1.82) is 0 Å². The molecular formula is C19H24N4O4. The van der Waals surface area contributed by atoms with E-state index >= 15 is 0 Å². The highest BCUT2D eigenvalue weighted by molar-refractivity contribution is 5.92. The number of anilines is 1. The van der Waals surface area contributed by atoms with Gasteiger partial charge in [0.25, 0.3) is 5.69 Å². The lowest BCUT2D eigenvalue weighted by molar-refractivity contribution is -0.384. The predicted octanol–water partition coefficient (Wildman–Crippen LogP) is 2.90. The molecule has 0 heterocycles. The Morgan fingerprint density at radius 3 is 2.52 bits per heavy atom. The summed E-state index contributed by atoms with van der Waals surface area (Å²) in [5.74, 6) is 0.350. The van der Waals surface area contributed by atoms with Gasteiger partial charge in [-0.05, 0) is 38.2 Å². The van der Waals surface area contributed by atoms with Crippen molar-refractivity contribution in [3.63, 3.8) is 0 Å². The highest BCUT2D eigenvalue weighted by Gasteiger charge is 2.18. The molecular weight excluding hydrogens is 348 g/mol. The summed E-state index contributed by atoms with van der Waals surface area (Å²) in [6, 6.07) is 13.9. The van der Waals surface area contributed by atoms with Gasteiger partial charge in [-0.1, -0.05) is 30.3 Å². The van der Waals surface area contributed by atoms with Gasteiger partial charge in [0.2, 0.25) is 0 Å². The van der Waals surface area contributed by atoms with E-state index in [9.17, 15) is 14.9 Å². The van der Waals surface area contributed by atoms with Gasteiger partial charge >= 0.3 is 6.03 Å². The van der Waals surface area contributed by atoms with Gasteiger partial charge in [0.05, 0.1) is 18.1 Å². The van der Waals surface area contributed by atoms with Crippen molar-refractivity contribution in [2.24, 2.45) is 0 Å².